The minimum absolute atomic E-state index is 0.125. The molecule has 0 aliphatic heterocycles. The van der Waals surface area contributed by atoms with E-state index in [1.54, 1.807) is 42.5 Å². The van der Waals surface area contributed by atoms with Crippen molar-refractivity contribution in [2.75, 3.05) is 13.2 Å². The number of hydrazone groups is 1. The monoisotopic (exact) mass is 421 g/mol. The van der Waals surface area contributed by atoms with Crippen molar-refractivity contribution < 1.29 is 19.1 Å². The van der Waals surface area contributed by atoms with Crippen LogP contribution in [0.3, 0.4) is 0 Å². The van der Waals surface area contributed by atoms with Crippen LogP contribution in [0.5, 0.6) is 11.5 Å². The van der Waals surface area contributed by atoms with E-state index in [1.807, 2.05) is 26.8 Å². The Balaban J connectivity index is 2.04. The van der Waals surface area contributed by atoms with E-state index in [0.717, 1.165) is 0 Å². The fraction of sp³-hybridized carbons (Fsp3) is 0.292. The van der Waals surface area contributed by atoms with Gasteiger partial charge in [-0.1, -0.05) is 38.0 Å². The first-order chi connectivity index (χ1) is 15.0. The van der Waals surface area contributed by atoms with Crippen molar-refractivity contribution in [3.63, 3.8) is 0 Å². The molecule has 0 spiro atoms. The number of ether oxygens (including phenoxy) is 2. The predicted octanol–water partition coefficient (Wildman–Crippen LogP) is 3.00. The average molecular weight is 421 g/mol. The zero-order chi connectivity index (χ0) is 22.6. The van der Waals surface area contributed by atoms with E-state index >= 15 is 0 Å². The highest BCUT2D eigenvalue weighted by molar-refractivity contribution is 5.97. The number of terminal acetylenes is 1. The van der Waals surface area contributed by atoms with Crippen molar-refractivity contribution in [3.8, 4) is 23.8 Å². The zero-order valence-corrected chi connectivity index (χ0v) is 17.9. The molecule has 0 heterocycles. The van der Waals surface area contributed by atoms with Crippen molar-refractivity contribution in [1.29, 1.82) is 0 Å². The largest absolute Gasteiger partial charge is 0.490 e. The lowest BCUT2D eigenvalue weighted by molar-refractivity contribution is -0.123. The number of carbonyl (C=O) groups is 2. The summed E-state index contributed by atoms with van der Waals surface area (Å²) in [6.07, 6.45) is 6.72. The summed E-state index contributed by atoms with van der Waals surface area (Å²) in [5, 5.41) is 6.77. The Labute approximate surface area is 182 Å². The maximum Gasteiger partial charge on any atom is 0.262 e. The summed E-state index contributed by atoms with van der Waals surface area (Å²) in [5.74, 6) is 2.62. The molecule has 2 aromatic carbocycles. The molecule has 0 bridgehead atoms. The third-order valence-electron chi connectivity index (χ3n) is 4.24. The van der Waals surface area contributed by atoms with E-state index in [9.17, 15) is 9.59 Å². The number of nitrogens with zero attached hydrogens (tertiary/aromatic N) is 1. The summed E-state index contributed by atoms with van der Waals surface area (Å²) < 4.78 is 11.0. The predicted molar refractivity (Wildman–Crippen MR) is 120 cm³/mol. The molecule has 2 rings (SSSR count). The Morgan fingerprint density at radius 1 is 1.13 bits per heavy atom. The van der Waals surface area contributed by atoms with Gasteiger partial charge in [0.25, 0.3) is 11.8 Å². The van der Waals surface area contributed by atoms with Gasteiger partial charge in [0.1, 0.15) is 12.6 Å². The van der Waals surface area contributed by atoms with Crippen molar-refractivity contribution in [3.05, 3.63) is 59.7 Å². The third-order valence-corrected chi connectivity index (χ3v) is 4.24. The minimum atomic E-state index is -0.733. The Bertz CT molecular complexity index is 949. The van der Waals surface area contributed by atoms with Gasteiger partial charge in [-0.3, -0.25) is 9.59 Å². The fourth-order valence-electron chi connectivity index (χ4n) is 2.70. The van der Waals surface area contributed by atoms with Crippen LogP contribution in [0.4, 0.5) is 0 Å². The summed E-state index contributed by atoms with van der Waals surface area (Å²) in [7, 11) is 0. The molecule has 0 saturated carbocycles. The van der Waals surface area contributed by atoms with Gasteiger partial charge in [-0.25, -0.2) is 5.43 Å². The smallest absolute Gasteiger partial charge is 0.262 e. The number of nitrogens with one attached hydrogen (secondary N) is 2. The number of rotatable bonds is 10. The van der Waals surface area contributed by atoms with Gasteiger partial charge in [0, 0.05) is 5.56 Å². The van der Waals surface area contributed by atoms with Crippen LogP contribution in [-0.2, 0) is 4.79 Å². The quantitative estimate of drug-likeness (QED) is 0.351. The van der Waals surface area contributed by atoms with Gasteiger partial charge in [0.2, 0.25) is 0 Å². The van der Waals surface area contributed by atoms with Gasteiger partial charge in [-0.15, -0.1) is 6.42 Å². The molecule has 0 aromatic heterocycles. The molecule has 7 nitrogen and oxygen atoms in total. The lowest BCUT2D eigenvalue weighted by atomic mass is 10.0. The minimum Gasteiger partial charge on any atom is -0.490 e. The second-order valence-electron chi connectivity index (χ2n) is 6.93. The topological polar surface area (TPSA) is 89.0 Å². The summed E-state index contributed by atoms with van der Waals surface area (Å²) in [6.45, 7) is 6.16. The highest BCUT2D eigenvalue weighted by Crippen LogP contribution is 2.27. The Morgan fingerprint density at radius 3 is 2.52 bits per heavy atom. The number of hydrogen-bond donors (Lipinski definition) is 2. The Hall–Kier alpha value is -3.79. The molecule has 0 saturated heterocycles. The van der Waals surface area contributed by atoms with Crippen molar-refractivity contribution in [2.24, 2.45) is 11.0 Å². The molecule has 2 aromatic rings. The first kappa shape index (κ1) is 23.5. The molecule has 0 aliphatic carbocycles. The van der Waals surface area contributed by atoms with Crippen LogP contribution >= 0.6 is 0 Å². The highest BCUT2D eigenvalue weighted by atomic mass is 16.5. The fourth-order valence-corrected chi connectivity index (χ4v) is 2.70. The first-order valence-electron chi connectivity index (χ1n) is 9.98. The molecule has 2 N–H and O–H groups in total. The van der Waals surface area contributed by atoms with Crippen LogP contribution in [0, 0.1) is 18.3 Å². The molecule has 0 fully saturated rings. The van der Waals surface area contributed by atoms with Crippen LogP contribution in [-0.4, -0.2) is 37.3 Å². The second-order valence-corrected chi connectivity index (χ2v) is 6.93. The molecule has 31 heavy (non-hydrogen) atoms. The highest BCUT2D eigenvalue weighted by Gasteiger charge is 2.24. The van der Waals surface area contributed by atoms with E-state index in [4.69, 9.17) is 15.9 Å². The van der Waals surface area contributed by atoms with Crippen molar-refractivity contribution in [1.82, 2.24) is 10.7 Å². The summed E-state index contributed by atoms with van der Waals surface area (Å²) in [5.41, 5.74) is 3.67. The SMILES string of the molecule is C#CCOc1ccc(C=NNC(=O)C(NC(=O)c2ccccc2)C(C)C)cc1OCC. The standard InChI is InChI=1S/C24H27N3O4/c1-5-14-31-20-13-12-18(15-21(20)30-6-2)16-25-27-24(29)22(17(3)4)26-23(28)19-10-8-7-9-11-19/h1,7-13,15-17,22H,6,14H2,2-4H3,(H,26,28)(H,27,29). The van der Waals surface area contributed by atoms with Gasteiger partial charge < -0.3 is 14.8 Å². The van der Waals surface area contributed by atoms with Crippen LogP contribution in [0.15, 0.2) is 53.6 Å². The molecule has 162 valence electrons. The van der Waals surface area contributed by atoms with E-state index < -0.39 is 11.9 Å². The first-order valence-corrected chi connectivity index (χ1v) is 9.98. The molecule has 2 amide bonds. The molecular weight excluding hydrogens is 394 g/mol. The van der Waals surface area contributed by atoms with E-state index in [0.29, 0.717) is 29.2 Å². The molecule has 0 radical (unpaired) electrons. The Kier molecular flexibility index (Phi) is 9.12. The normalized spacial score (nSPS) is 11.6. The molecular formula is C24H27N3O4. The molecule has 1 atom stereocenters. The van der Waals surface area contributed by atoms with Gasteiger partial charge in [0.15, 0.2) is 11.5 Å². The summed E-state index contributed by atoms with van der Waals surface area (Å²) in [4.78, 5) is 25.0. The third kappa shape index (κ3) is 7.19. The molecule has 7 heteroatoms. The van der Waals surface area contributed by atoms with Gasteiger partial charge >= 0.3 is 0 Å². The Morgan fingerprint density at radius 2 is 1.87 bits per heavy atom. The van der Waals surface area contributed by atoms with Crippen molar-refractivity contribution >= 4 is 18.0 Å². The number of carbonyl (C=O) groups excluding carboxylic acids is 2. The van der Waals surface area contributed by atoms with Crippen LogP contribution in [0.1, 0.15) is 36.7 Å². The lowest BCUT2D eigenvalue weighted by Gasteiger charge is -2.20. The number of benzene rings is 2. The van der Waals surface area contributed by atoms with Gasteiger partial charge in [-0.05, 0) is 48.7 Å². The van der Waals surface area contributed by atoms with Crippen LogP contribution < -0.4 is 20.2 Å². The van der Waals surface area contributed by atoms with Gasteiger partial charge in [-0.2, -0.15) is 5.10 Å². The molecule has 1 unspecified atom stereocenters. The van der Waals surface area contributed by atoms with Gasteiger partial charge in [0.05, 0.1) is 12.8 Å². The lowest BCUT2D eigenvalue weighted by Crippen LogP contribution is -2.48. The average Bonchev–Trinajstić information content (AvgIpc) is 2.77. The van der Waals surface area contributed by atoms with E-state index in [2.05, 4.69) is 21.8 Å². The maximum absolute atomic E-state index is 12.6. The number of hydrogen-bond acceptors (Lipinski definition) is 5. The number of amides is 2. The van der Waals surface area contributed by atoms with Crippen LogP contribution in [0.2, 0.25) is 0 Å². The molecule has 0 aliphatic rings. The van der Waals surface area contributed by atoms with Crippen LogP contribution in [0.25, 0.3) is 0 Å². The zero-order valence-electron chi connectivity index (χ0n) is 17.9. The maximum atomic E-state index is 12.6. The van der Waals surface area contributed by atoms with E-state index in [1.165, 1.54) is 6.21 Å². The summed E-state index contributed by atoms with van der Waals surface area (Å²) in [6, 6.07) is 13.2. The van der Waals surface area contributed by atoms with Crippen molar-refractivity contribution in [2.45, 2.75) is 26.8 Å². The van der Waals surface area contributed by atoms with E-state index in [-0.39, 0.29) is 18.4 Å². The summed E-state index contributed by atoms with van der Waals surface area (Å²) >= 11 is 0. The second kappa shape index (κ2) is 12.0.